The maximum absolute atomic E-state index is 13.2. The van der Waals surface area contributed by atoms with Crippen LogP contribution in [0.3, 0.4) is 0 Å². The van der Waals surface area contributed by atoms with E-state index < -0.39 is 53.2 Å². The number of aliphatic carboxylic acids is 1. The Morgan fingerprint density at radius 3 is 2.06 bits per heavy atom. The second kappa shape index (κ2) is 16.7. The van der Waals surface area contributed by atoms with Crippen LogP contribution in [0.15, 0.2) is 102 Å². The molecule has 0 saturated carbocycles. The molecule has 0 radical (unpaired) electrons. The minimum Gasteiger partial charge on any atom is -0.497 e. The first kappa shape index (κ1) is 37.7. The third kappa shape index (κ3) is 9.42. The molecule has 1 fully saturated rings. The first-order valence-electron chi connectivity index (χ1n) is 16.9. The number of carbonyl (C=O) groups is 3. The minimum atomic E-state index is -1.12. The third-order valence-electron chi connectivity index (χ3n) is 8.45. The summed E-state index contributed by atoms with van der Waals surface area (Å²) in [7, 11) is 1.60. The van der Waals surface area contributed by atoms with Crippen LogP contribution in [0.5, 0.6) is 5.75 Å². The van der Waals surface area contributed by atoms with Crippen molar-refractivity contribution in [1.82, 2.24) is 9.55 Å². The highest BCUT2D eigenvalue weighted by Gasteiger charge is 2.43. The van der Waals surface area contributed by atoms with E-state index in [1.165, 1.54) is 16.8 Å². The van der Waals surface area contributed by atoms with Crippen molar-refractivity contribution in [2.24, 2.45) is 5.92 Å². The van der Waals surface area contributed by atoms with Gasteiger partial charge in [0.2, 0.25) is 0 Å². The highest BCUT2D eigenvalue weighted by molar-refractivity contribution is 5.83. The first-order chi connectivity index (χ1) is 24.9. The number of methoxy groups -OCH3 is 1. The standard InChI is InChI=1S/C39H43N3O10/c1-38(2,3)52-37(47)41-32-21-22-42(36(46)40-32)33-23-26(31(51-33)25-49-35(45)20-19-34(43)44)24-50-39(27-11-7-5-8-12-27,28-13-9-6-10-14-28)29-15-17-30(48-4)18-16-29/h5-18,21-22,26,31,33H,19-20,23-25H2,1-4H3,(H,43,44)(H,40,41,46,47)/t26-,31-,33?/m1/s1. The van der Waals surface area contributed by atoms with Crippen LogP contribution in [0, 0.1) is 5.92 Å². The van der Waals surface area contributed by atoms with E-state index in [4.69, 9.17) is 28.8 Å². The highest BCUT2D eigenvalue weighted by atomic mass is 16.6. The Bertz CT molecular complexity index is 1840. The van der Waals surface area contributed by atoms with E-state index >= 15 is 0 Å². The van der Waals surface area contributed by atoms with Crippen molar-refractivity contribution in [2.75, 3.05) is 25.6 Å². The Labute approximate surface area is 301 Å². The molecule has 0 spiro atoms. The normalized spacial score (nSPS) is 17.3. The molecular formula is C39H43N3O10. The number of nitrogens with zero attached hydrogens (tertiary/aromatic N) is 2. The number of rotatable bonds is 14. The quantitative estimate of drug-likeness (QED) is 0.118. The lowest BCUT2D eigenvalue weighted by atomic mass is 9.80. The summed E-state index contributed by atoms with van der Waals surface area (Å²) in [5.74, 6) is -1.52. The van der Waals surface area contributed by atoms with Gasteiger partial charge >= 0.3 is 23.7 Å². The Kier molecular flexibility index (Phi) is 12.1. The number of esters is 1. The SMILES string of the molecule is COc1ccc(C(OC[C@H]2CC(n3ccc(NC(=O)OC(C)(C)C)nc3=O)O[C@@H]2COC(=O)CCC(=O)O)(c2ccccc2)c2ccccc2)cc1. The van der Waals surface area contributed by atoms with Crippen molar-refractivity contribution in [3.05, 3.63) is 124 Å². The van der Waals surface area contributed by atoms with Crippen molar-refractivity contribution in [1.29, 1.82) is 0 Å². The third-order valence-corrected chi connectivity index (χ3v) is 8.45. The van der Waals surface area contributed by atoms with Gasteiger partial charge in [-0.15, -0.1) is 0 Å². The molecule has 3 atom stereocenters. The zero-order chi connectivity index (χ0) is 37.3. The highest BCUT2D eigenvalue weighted by Crippen LogP contribution is 2.43. The number of aromatic nitrogens is 2. The van der Waals surface area contributed by atoms with Gasteiger partial charge in [0.15, 0.2) is 0 Å². The van der Waals surface area contributed by atoms with E-state index in [-0.39, 0.29) is 38.3 Å². The molecule has 1 unspecified atom stereocenters. The molecule has 2 N–H and O–H groups in total. The maximum atomic E-state index is 13.2. The van der Waals surface area contributed by atoms with Crippen LogP contribution < -0.4 is 15.7 Å². The number of anilines is 1. The average molecular weight is 714 g/mol. The number of hydrogen-bond donors (Lipinski definition) is 2. The van der Waals surface area contributed by atoms with E-state index in [0.29, 0.717) is 5.75 Å². The van der Waals surface area contributed by atoms with Crippen LogP contribution in [-0.2, 0) is 34.1 Å². The van der Waals surface area contributed by atoms with Crippen molar-refractivity contribution >= 4 is 23.8 Å². The molecule has 1 aliphatic rings. The largest absolute Gasteiger partial charge is 0.497 e. The fourth-order valence-corrected chi connectivity index (χ4v) is 6.03. The molecular weight excluding hydrogens is 670 g/mol. The number of ether oxygens (including phenoxy) is 5. The van der Waals surface area contributed by atoms with Crippen molar-refractivity contribution < 1.29 is 43.2 Å². The predicted molar refractivity (Wildman–Crippen MR) is 190 cm³/mol. The molecule has 1 aromatic heterocycles. The summed E-state index contributed by atoms with van der Waals surface area (Å²) in [4.78, 5) is 53.0. The summed E-state index contributed by atoms with van der Waals surface area (Å²) >= 11 is 0. The fraction of sp³-hybridized carbons (Fsp3) is 0.359. The fourth-order valence-electron chi connectivity index (χ4n) is 6.03. The Morgan fingerprint density at radius 1 is 0.885 bits per heavy atom. The van der Waals surface area contributed by atoms with Crippen LogP contribution in [0.1, 0.15) is 63.0 Å². The lowest BCUT2D eigenvalue weighted by molar-refractivity contribution is -0.152. The Balaban J connectivity index is 1.46. The topological polar surface area (TPSA) is 165 Å². The smallest absolute Gasteiger partial charge is 0.413 e. The summed E-state index contributed by atoms with van der Waals surface area (Å²) in [5, 5.41) is 11.5. The van der Waals surface area contributed by atoms with Gasteiger partial charge in [-0.2, -0.15) is 4.98 Å². The van der Waals surface area contributed by atoms with Crippen molar-refractivity contribution in [3.8, 4) is 5.75 Å². The van der Waals surface area contributed by atoms with Gasteiger partial charge in [-0.1, -0.05) is 72.8 Å². The minimum absolute atomic E-state index is 0.00675. The van der Waals surface area contributed by atoms with Crippen molar-refractivity contribution in [2.45, 2.75) is 63.6 Å². The molecule has 13 heteroatoms. The molecule has 0 aliphatic carbocycles. The molecule has 13 nitrogen and oxygen atoms in total. The lowest BCUT2D eigenvalue weighted by Crippen LogP contribution is -2.37. The maximum Gasteiger partial charge on any atom is 0.413 e. The number of benzene rings is 3. The van der Waals surface area contributed by atoms with Gasteiger partial charge in [-0.25, -0.2) is 9.59 Å². The lowest BCUT2D eigenvalue weighted by Gasteiger charge is -2.37. The second-order valence-corrected chi connectivity index (χ2v) is 13.3. The molecule has 1 amide bonds. The number of carboxylic acid groups (broad SMARTS) is 1. The molecule has 0 bridgehead atoms. The van der Waals surface area contributed by atoms with E-state index in [0.717, 1.165) is 16.7 Å². The van der Waals surface area contributed by atoms with Gasteiger partial charge < -0.3 is 28.8 Å². The van der Waals surface area contributed by atoms with Crippen LogP contribution in [0.2, 0.25) is 0 Å². The molecule has 274 valence electrons. The van der Waals surface area contributed by atoms with Crippen LogP contribution in [-0.4, -0.2) is 64.7 Å². The number of nitrogens with one attached hydrogen (secondary N) is 1. The molecule has 5 rings (SSSR count). The summed E-state index contributed by atoms with van der Waals surface area (Å²) in [6.07, 6.45) is -1.25. The van der Waals surface area contributed by atoms with Gasteiger partial charge in [-0.3, -0.25) is 19.5 Å². The first-order valence-corrected chi connectivity index (χ1v) is 16.9. The number of carboxylic acids is 1. The van der Waals surface area contributed by atoms with Crippen LogP contribution in [0.4, 0.5) is 10.6 Å². The summed E-state index contributed by atoms with van der Waals surface area (Å²) in [6, 6.07) is 28.7. The number of amides is 1. The van der Waals surface area contributed by atoms with Crippen LogP contribution >= 0.6 is 0 Å². The molecule has 1 saturated heterocycles. The van der Waals surface area contributed by atoms with Gasteiger partial charge in [0.05, 0.1) is 32.7 Å². The van der Waals surface area contributed by atoms with Crippen LogP contribution in [0.25, 0.3) is 0 Å². The summed E-state index contributed by atoms with van der Waals surface area (Å²) in [6.45, 7) is 5.06. The van der Waals surface area contributed by atoms with E-state index in [2.05, 4.69) is 10.3 Å². The Morgan fingerprint density at radius 2 is 1.50 bits per heavy atom. The molecule has 4 aromatic rings. The second-order valence-electron chi connectivity index (χ2n) is 13.3. The summed E-state index contributed by atoms with van der Waals surface area (Å²) < 4.78 is 30.9. The number of carbonyl (C=O) groups excluding carboxylic acids is 2. The molecule has 2 heterocycles. The van der Waals surface area contributed by atoms with Crippen molar-refractivity contribution in [3.63, 3.8) is 0 Å². The number of hydrogen-bond acceptors (Lipinski definition) is 10. The Hall–Kier alpha value is -5.53. The molecule has 3 aromatic carbocycles. The van der Waals surface area contributed by atoms with E-state index in [1.54, 1.807) is 27.9 Å². The average Bonchev–Trinajstić information content (AvgIpc) is 3.53. The van der Waals surface area contributed by atoms with E-state index in [1.807, 2.05) is 84.9 Å². The van der Waals surface area contributed by atoms with Gasteiger partial charge in [0, 0.05) is 18.5 Å². The van der Waals surface area contributed by atoms with Gasteiger partial charge in [0.25, 0.3) is 0 Å². The zero-order valence-electron chi connectivity index (χ0n) is 29.5. The summed E-state index contributed by atoms with van der Waals surface area (Å²) in [5.41, 5.74) is 0.0539. The predicted octanol–water partition coefficient (Wildman–Crippen LogP) is 5.92. The van der Waals surface area contributed by atoms with Gasteiger partial charge in [0.1, 0.15) is 35.6 Å². The molecule has 52 heavy (non-hydrogen) atoms. The van der Waals surface area contributed by atoms with E-state index in [9.17, 15) is 19.2 Å². The van der Waals surface area contributed by atoms with Gasteiger partial charge in [-0.05, 0) is 55.7 Å². The zero-order valence-corrected chi connectivity index (χ0v) is 29.5. The monoisotopic (exact) mass is 713 g/mol. The molecule has 1 aliphatic heterocycles.